The number of aromatic amines is 1. The van der Waals surface area contributed by atoms with Gasteiger partial charge in [0.05, 0.1) is 24.2 Å². The second-order valence-electron chi connectivity index (χ2n) is 5.84. The van der Waals surface area contributed by atoms with E-state index in [2.05, 4.69) is 15.3 Å². The van der Waals surface area contributed by atoms with Gasteiger partial charge in [-0.15, -0.1) is 0 Å². The highest BCUT2D eigenvalue weighted by molar-refractivity contribution is 7.99. The van der Waals surface area contributed by atoms with E-state index in [1.165, 1.54) is 17.8 Å². The molecule has 0 fully saturated rings. The quantitative estimate of drug-likeness (QED) is 0.504. The summed E-state index contributed by atoms with van der Waals surface area (Å²) in [6.45, 7) is 1.94. The van der Waals surface area contributed by atoms with Gasteiger partial charge in [-0.1, -0.05) is 48.2 Å². The van der Waals surface area contributed by atoms with Crippen molar-refractivity contribution >= 4 is 23.4 Å². The molecular formula is C20H19N3O3S. The van der Waals surface area contributed by atoms with Crippen molar-refractivity contribution in [3.63, 3.8) is 0 Å². The van der Waals surface area contributed by atoms with Crippen molar-refractivity contribution in [3.8, 4) is 17.0 Å². The molecule has 0 aliphatic heterocycles. The summed E-state index contributed by atoms with van der Waals surface area (Å²) < 4.78 is 5.26. The summed E-state index contributed by atoms with van der Waals surface area (Å²) >= 11 is 1.17. The number of hydrogen-bond donors (Lipinski definition) is 2. The molecule has 0 bridgehead atoms. The third-order valence-corrected chi connectivity index (χ3v) is 4.63. The molecule has 6 nitrogen and oxygen atoms in total. The van der Waals surface area contributed by atoms with Gasteiger partial charge in [0.25, 0.3) is 5.56 Å². The number of carbonyl (C=O) groups is 1. The van der Waals surface area contributed by atoms with Crippen LogP contribution in [0.2, 0.25) is 0 Å². The lowest BCUT2D eigenvalue weighted by Gasteiger charge is -2.11. The van der Waals surface area contributed by atoms with E-state index >= 15 is 0 Å². The second-order valence-corrected chi connectivity index (χ2v) is 6.81. The molecular weight excluding hydrogens is 362 g/mol. The van der Waals surface area contributed by atoms with Gasteiger partial charge in [0.2, 0.25) is 5.91 Å². The van der Waals surface area contributed by atoms with Gasteiger partial charge in [-0.3, -0.25) is 9.59 Å². The Kier molecular flexibility index (Phi) is 5.93. The third kappa shape index (κ3) is 4.98. The molecule has 2 N–H and O–H groups in total. The number of hydrogen-bond acceptors (Lipinski definition) is 5. The number of nitrogens with one attached hydrogen (secondary N) is 2. The topological polar surface area (TPSA) is 84.1 Å². The molecule has 3 aromatic rings. The molecule has 2 aromatic carbocycles. The lowest BCUT2D eigenvalue weighted by Crippen LogP contribution is -2.16. The highest BCUT2D eigenvalue weighted by Gasteiger charge is 2.10. The van der Waals surface area contributed by atoms with Gasteiger partial charge in [0.1, 0.15) is 5.75 Å². The first kappa shape index (κ1) is 18.7. The van der Waals surface area contributed by atoms with Gasteiger partial charge < -0.3 is 15.0 Å². The van der Waals surface area contributed by atoms with Crippen LogP contribution in [0.15, 0.2) is 64.5 Å². The van der Waals surface area contributed by atoms with Crippen molar-refractivity contribution in [1.29, 1.82) is 0 Å². The summed E-state index contributed by atoms with van der Waals surface area (Å²) in [7, 11) is 1.55. The predicted molar refractivity (Wildman–Crippen MR) is 107 cm³/mol. The fourth-order valence-corrected chi connectivity index (χ4v) is 3.18. The Morgan fingerprint density at radius 1 is 1.19 bits per heavy atom. The number of nitrogens with zero attached hydrogens (tertiary/aromatic N) is 1. The SMILES string of the molecule is COc1ccc(C)cc1NC(=O)CSc1nc(-c2ccccc2)cc(=O)[nH]1. The lowest BCUT2D eigenvalue weighted by molar-refractivity contribution is -0.113. The van der Waals surface area contributed by atoms with Crippen LogP contribution in [0.3, 0.4) is 0 Å². The van der Waals surface area contributed by atoms with Gasteiger partial charge in [-0.2, -0.15) is 0 Å². The van der Waals surface area contributed by atoms with E-state index in [1.807, 2.05) is 49.4 Å². The summed E-state index contributed by atoms with van der Waals surface area (Å²) in [6.07, 6.45) is 0. The molecule has 0 unspecified atom stereocenters. The van der Waals surface area contributed by atoms with Crippen molar-refractivity contribution < 1.29 is 9.53 Å². The van der Waals surface area contributed by atoms with E-state index in [0.717, 1.165) is 11.1 Å². The average Bonchev–Trinajstić information content (AvgIpc) is 2.67. The number of methoxy groups -OCH3 is 1. The number of aromatic nitrogens is 2. The minimum Gasteiger partial charge on any atom is -0.495 e. The number of anilines is 1. The molecule has 27 heavy (non-hydrogen) atoms. The summed E-state index contributed by atoms with van der Waals surface area (Å²) in [5.41, 5.74) is 2.79. The highest BCUT2D eigenvalue weighted by atomic mass is 32.2. The summed E-state index contributed by atoms with van der Waals surface area (Å²) in [6, 6.07) is 16.4. The van der Waals surface area contributed by atoms with Gasteiger partial charge >= 0.3 is 0 Å². The fourth-order valence-electron chi connectivity index (χ4n) is 2.50. The number of H-pyrrole nitrogens is 1. The normalized spacial score (nSPS) is 10.4. The van der Waals surface area contributed by atoms with Gasteiger partial charge in [-0.05, 0) is 24.6 Å². The van der Waals surface area contributed by atoms with Crippen molar-refractivity contribution in [2.75, 3.05) is 18.2 Å². The zero-order valence-corrected chi connectivity index (χ0v) is 15.8. The zero-order valence-electron chi connectivity index (χ0n) is 15.0. The molecule has 0 saturated carbocycles. The molecule has 1 aromatic heterocycles. The number of benzene rings is 2. The van der Waals surface area contributed by atoms with Crippen LogP contribution in [-0.4, -0.2) is 28.7 Å². The van der Waals surface area contributed by atoms with Crippen LogP contribution in [0.25, 0.3) is 11.3 Å². The van der Waals surface area contributed by atoms with Crippen molar-refractivity contribution in [2.45, 2.75) is 12.1 Å². The van der Waals surface area contributed by atoms with E-state index in [4.69, 9.17) is 4.74 Å². The molecule has 0 aliphatic rings. The molecule has 0 atom stereocenters. The molecule has 0 radical (unpaired) electrons. The van der Waals surface area contributed by atoms with Gasteiger partial charge in [0.15, 0.2) is 5.16 Å². The van der Waals surface area contributed by atoms with Crippen LogP contribution in [0.4, 0.5) is 5.69 Å². The number of carbonyl (C=O) groups excluding carboxylic acids is 1. The number of amides is 1. The van der Waals surface area contributed by atoms with Crippen molar-refractivity contribution in [1.82, 2.24) is 9.97 Å². The first-order valence-corrected chi connectivity index (χ1v) is 9.28. The van der Waals surface area contributed by atoms with Crippen LogP contribution < -0.4 is 15.6 Å². The van der Waals surface area contributed by atoms with Crippen LogP contribution in [0.5, 0.6) is 5.75 Å². The third-order valence-electron chi connectivity index (χ3n) is 3.76. The summed E-state index contributed by atoms with van der Waals surface area (Å²) in [5.74, 6) is 0.492. The summed E-state index contributed by atoms with van der Waals surface area (Å²) in [4.78, 5) is 31.3. The Bertz CT molecular complexity index is 1000. The molecule has 7 heteroatoms. The van der Waals surface area contributed by atoms with Crippen LogP contribution in [0, 0.1) is 6.92 Å². The minimum atomic E-state index is -0.257. The smallest absolute Gasteiger partial charge is 0.252 e. The Morgan fingerprint density at radius 2 is 1.96 bits per heavy atom. The van der Waals surface area contributed by atoms with Crippen LogP contribution in [-0.2, 0) is 4.79 Å². The maximum Gasteiger partial charge on any atom is 0.252 e. The standard InChI is InChI=1S/C20H19N3O3S/c1-13-8-9-17(26-2)16(10-13)21-19(25)12-27-20-22-15(11-18(24)23-20)14-6-4-3-5-7-14/h3-11H,12H2,1-2H3,(H,21,25)(H,22,23,24). The molecule has 3 rings (SSSR count). The van der Waals surface area contributed by atoms with Crippen LogP contribution in [0.1, 0.15) is 5.56 Å². The molecule has 0 spiro atoms. The predicted octanol–water partition coefficient (Wildman–Crippen LogP) is 3.48. The molecule has 1 heterocycles. The van der Waals surface area contributed by atoms with Gasteiger partial charge in [0, 0.05) is 11.6 Å². The zero-order chi connectivity index (χ0) is 19.2. The first-order valence-electron chi connectivity index (χ1n) is 8.29. The Labute approximate surface area is 161 Å². The highest BCUT2D eigenvalue weighted by Crippen LogP contribution is 2.25. The number of rotatable bonds is 6. The Morgan fingerprint density at radius 3 is 2.70 bits per heavy atom. The van der Waals surface area contributed by atoms with Crippen molar-refractivity contribution in [3.05, 3.63) is 70.5 Å². The first-order chi connectivity index (χ1) is 13.0. The van der Waals surface area contributed by atoms with E-state index in [-0.39, 0.29) is 17.2 Å². The average molecular weight is 381 g/mol. The molecule has 1 amide bonds. The maximum atomic E-state index is 12.3. The molecule has 0 aliphatic carbocycles. The fraction of sp³-hybridized carbons (Fsp3) is 0.150. The summed E-state index contributed by atoms with van der Waals surface area (Å²) in [5, 5.41) is 3.22. The number of thioether (sulfide) groups is 1. The minimum absolute atomic E-state index is 0.109. The maximum absolute atomic E-state index is 12.3. The number of aryl methyl sites for hydroxylation is 1. The van der Waals surface area contributed by atoms with Gasteiger partial charge in [-0.25, -0.2) is 4.98 Å². The number of ether oxygens (including phenoxy) is 1. The lowest BCUT2D eigenvalue weighted by atomic mass is 10.1. The largest absolute Gasteiger partial charge is 0.495 e. The van der Waals surface area contributed by atoms with E-state index < -0.39 is 0 Å². The van der Waals surface area contributed by atoms with Crippen LogP contribution >= 0.6 is 11.8 Å². The Hall–Kier alpha value is -3.06. The van der Waals surface area contributed by atoms with E-state index in [0.29, 0.717) is 22.3 Å². The molecule has 138 valence electrons. The molecule has 0 saturated heterocycles. The van der Waals surface area contributed by atoms with E-state index in [9.17, 15) is 9.59 Å². The Balaban J connectivity index is 1.70. The monoisotopic (exact) mass is 381 g/mol. The van der Waals surface area contributed by atoms with E-state index in [1.54, 1.807) is 13.2 Å². The van der Waals surface area contributed by atoms with Crippen molar-refractivity contribution in [2.24, 2.45) is 0 Å². The second kappa shape index (κ2) is 8.55.